The van der Waals surface area contributed by atoms with E-state index in [2.05, 4.69) is 10.6 Å². The molecule has 1 atom stereocenters. The molecule has 0 bridgehead atoms. The van der Waals surface area contributed by atoms with Crippen LogP contribution >= 0.6 is 0 Å². The van der Waals surface area contributed by atoms with Crippen LogP contribution in [0.1, 0.15) is 19.8 Å². The highest BCUT2D eigenvalue weighted by molar-refractivity contribution is 5.85. The zero-order valence-electron chi connectivity index (χ0n) is 9.66. The van der Waals surface area contributed by atoms with Crippen molar-refractivity contribution < 1.29 is 14.7 Å². The molecule has 0 aromatic rings. The fourth-order valence-corrected chi connectivity index (χ4v) is 1.08. The van der Waals surface area contributed by atoms with Crippen molar-refractivity contribution in [2.75, 3.05) is 26.2 Å². The Labute approximate surface area is 95.6 Å². The topological polar surface area (TPSA) is 104 Å². The molecule has 0 fully saturated rings. The summed E-state index contributed by atoms with van der Waals surface area (Å²) in [5, 5.41) is 13.8. The van der Waals surface area contributed by atoms with Gasteiger partial charge in [-0.2, -0.15) is 0 Å². The summed E-state index contributed by atoms with van der Waals surface area (Å²) in [5.41, 5.74) is 5.06. The first kappa shape index (κ1) is 14.9. The normalized spacial score (nSPS) is 11.9. The highest BCUT2D eigenvalue weighted by Gasteiger charge is 2.04. The van der Waals surface area contributed by atoms with Gasteiger partial charge in [0.15, 0.2) is 0 Å². The van der Waals surface area contributed by atoms with Gasteiger partial charge >= 0.3 is 0 Å². The van der Waals surface area contributed by atoms with E-state index in [1.165, 1.54) is 0 Å². The van der Waals surface area contributed by atoms with E-state index in [1.54, 1.807) is 0 Å². The molecule has 0 aromatic heterocycles. The molecule has 0 saturated carbocycles. The van der Waals surface area contributed by atoms with Crippen LogP contribution in [-0.4, -0.2) is 43.2 Å². The molecule has 0 spiro atoms. The van der Waals surface area contributed by atoms with Gasteiger partial charge in [0.2, 0.25) is 11.8 Å². The summed E-state index contributed by atoms with van der Waals surface area (Å²) in [6.07, 6.45) is 1.68. The Morgan fingerprint density at radius 2 is 2.00 bits per heavy atom. The standard InChI is InChI=1S/C10H21N3O3/c1-8(7-14)3-2-4-12-10(16)6-13-9(15)5-11/h8,14H,2-7,11H2,1H3,(H,12,16)(H,13,15). The van der Waals surface area contributed by atoms with E-state index in [0.717, 1.165) is 12.8 Å². The minimum atomic E-state index is -0.343. The van der Waals surface area contributed by atoms with Crippen molar-refractivity contribution in [1.29, 1.82) is 0 Å². The summed E-state index contributed by atoms with van der Waals surface area (Å²) >= 11 is 0. The van der Waals surface area contributed by atoms with Crippen molar-refractivity contribution >= 4 is 11.8 Å². The molecule has 0 rings (SSSR count). The molecule has 94 valence electrons. The average molecular weight is 231 g/mol. The van der Waals surface area contributed by atoms with Gasteiger partial charge in [-0.15, -0.1) is 0 Å². The highest BCUT2D eigenvalue weighted by atomic mass is 16.3. The number of nitrogens with two attached hydrogens (primary N) is 1. The predicted molar refractivity (Wildman–Crippen MR) is 60.6 cm³/mol. The molecule has 6 nitrogen and oxygen atoms in total. The molecular formula is C10H21N3O3. The fourth-order valence-electron chi connectivity index (χ4n) is 1.08. The first-order chi connectivity index (χ1) is 7.60. The lowest BCUT2D eigenvalue weighted by molar-refractivity contribution is -0.125. The van der Waals surface area contributed by atoms with Gasteiger partial charge < -0.3 is 21.5 Å². The van der Waals surface area contributed by atoms with Crippen molar-refractivity contribution in [3.8, 4) is 0 Å². The number of carbonyl (C=O) groups excluding carboxylic acids is 2. The number of rotatable bonds is 8. The smallest absolute Gasteiger partial charge is 0.239 e. The summed E-state index contributed by atoms with van der Waals surface area (Å²) in [4.78, 5) is 21.9. The summed E-state index contributed by atoms with van der Waals surface area (Å²) in [7, 11) is 0. The minimum Gasteiger partial charge on any atom is -0.396 e. The third-order valence-electron chi connectivity index (χ3n) is 2.14. The van der Waals surface area contributed by atoms with Crippen LogP contribution in [0.4, 0.5) is 0 Å². The SMILES string of the molecule is CC(CO)CCCNC(=O)CNC(=O)CN. The predicted octanol–water partition coefficient (Wildman–Crippen LogP) is -1.41. The average Bonchev–Trinajstić information content (AvgIpc) is 2.31. The number of nitrogens with one attached hydrogen (secondary N) is 2. The molecule has 2 amide bonds. The first-order valence-electron chi connectivity index (χ1n) is 5.44. The number of hydrogen-bond donors (Lipinski definition) is 4. The summed E-state index contributed by atoms with van der Waals surface area (Å²) in [5.74, 6) is -0.309. The maximum absolute atomic E-state index is 11.2. The van der Waals surface area contributed by atoms with Crippen LogP contribution in [0.5, 0.6) is 0 Å². The van der Waals surface area contributed by atoms with E-state index in [9.17, 15) is 9.59 Å². The Morgan fingerprint density at radius 3 is 2.56 bits per heavy atom. The zero-order chi connectivity index (χ0) is 12.4. The van der Waals surface area contributed by atoms with E-state index in [-0.39, 0.29) is 37.4 Å². The Bertz CT molecular complexity index is 221. The van der Waals surface area contributed by atoms with Gasteiger partial charge in [0, 0.05) is 13.2 Å². The van der Waals surface area contributed by atoms with E-state index in [1.807, 2.05) is 6.92 Å². The molecule has 16 heavy (non-hydrogen) atoms. The summed E-state index contributed by atoms with van der Waals surface area (Å²) in [6, 6.07) is 0. The van der Waals surface area contributed by atoms with Crippen LogP contribution in [0.2, 0.25) is 0 Å². The van der Waals surface area contributed by atoms with E-state index in [4.69, 9.17) is 10.8 Å². The Hall–Kier alpha value is -1.14. The lowest BCUT2D eigenvalue weighted by Gasteiger charge is -2.08. The fraction of sp³-hybridized carbons (Fsp3) is 0.800. The van der Waals surface area contributed by atoms with Gasteiger partial charge in [-0.1, -0.05) is 6.92 Å². The molecule has 0 aromatic carbocycles. The Morgan fingerprint density at radius 1 is 1.31 bits per heavy atom. The second-order valence-electron chi connectivity index (χ2n) is 3.76. The second-order valence-corrected chi connectivity index (χ2v) is 3.76. The van der Waals surface area contributed by atoms with Crippen molar-refractivity contribution in [2.24, 2.45) is 11.7 Å². The van der Waals surface area contributed by atoms with Crippen LogP contribution < -0.4 is 16.4 Å². The zero-order valence-corrected chi connectivity index (χ0v) is 9.66. The lowest BCUT2D eigenvalue weighted by Crippen LogP contribution is -2.39. The van der Waals surface area contributed by atoms with E-state index in [0.29, 0.717) is 6.54 Å². The van der Waals surface area contributed by atoms with Crippen molar-refractivity contribution in [3.63, 3.8) is 0 Å². The third-order valence-corrected chi connectivity index (χ3v) is 2.14. The largest absolute Gasteiger partial charge is 0.396 e. The first-order valence-corrected chi connectivity index (χ1v) is 5.44. The molecule has 1 unspecified atom stereocenters. The molecule has 0 aliphatic heterocycles. The number of hydrogen-bond acceptors (Lipinski definition) is 4. The highest BCUT2D eigenvalue weighted by Crippen LogP contribution is 2.02. The summed E-state index contributed by atoms with van der Waals surface area (Å²) in [6.45, 7) is 2.53. The monoisotopic (exact) mass is 231 g/mol. The Balaban J connectivity index is 3.40. The van der Waals surface area contributed by atoms with Gasteiger partial charge in [-0.25, -0.2) is 0 Å². The van der Waals surface area contributed by atoms with E-state index < -0.39 is 0 Å². The molecule has 0 aliphatic carbocycles. The number of aliphatic hydroxyl groups is 1. The third kappa shape index (κ3) is 8.19. The van der Waals surface area contributed by atoms with Gasteiger partial charge in [0.1, 0.15) is 0 Å². The van der Waals surface area contributed by atoms with Crippen LogP contribution in [0.25, 0.3) is 0 Å². The minimum absolute atomic E-state index is 0.0361. The van der Waals surface area contributed by atoms with Crippen LogP contribution in [-0.2, 0) is 9.59 Å². The molecule has 5 N–H and O–H groups in total. The molecule has 6 heteroatoms. The van der Waals surface area contributed by atoms with Gasteiger partial charge in [0.05, 0.1) is 13.1 Å². The number of carbonyl (C=O) groups is 2. The quantitative estimate of drug-likeness (QED) is 0.385. The van der Waals surface area contributed by atoms with Crippen molar-refractivity contribution in [3.05, 3.63) is 0 Å². The lowest BCUT2D eigenvalue weighted by atomic mass is 10.1. The molecule has 0 aliphatic rings. The van der Waals surface area contributed by atoms with Gasteiger partial charge in [0.25, 0.3) is 0 Å². The number of amides is 2. The Kier molecular flexibility index (Phi) is 8.46. The molecule has 0 heterocycles. The number of aliphatic hydroxyl groups excluding tert-OH is 1. The summed E-state index contributed by atoms with van der Waals surface area (Å²) < 4.78 is 0. The van der Waals surface area contributed by atoms with Crippen molar-refractivity contribution in [2.45, 2.75) is 19.8 Å². The molecule has 0 radical (unpaired) electrons. The van der Waals surface area contributed by atoms with E-state index >= 15 is 0 Å². The van der Waals surface area contributed by atoms with Crippen LogP contribution in [0.15, 0.2) is 0 Å². The van der Waals surface area contributed by atoms with Crippen molar-refractivity contribution in [1.82, 2.24) is 10.6 Å². The molecular weight excluding hydrogens is 210 g/mol. The maximum atomic E-state index is 11.2. The van der Waals surface area contributed by atoms with Gasteiger partial charge in [-0.05, 0) is 18.8 Å². The van der Waals surface area contributed by atoms with Crippen LogP contribution in [0, 0.1) is 5.92 Å². The maximum Gasteiger partial charge on any atom is 0.239 e. The van der Waals surface area contributed by atoms with Crippen LogP contribution in [0.3, 0.4) is 0 Å². The second kappa shape index (κ2) is 9.11. The van der Waals surface area contributed by atoms with Gasteiger partial charge in [-0.3, -0.25) is 9.59 Å². The molecule has 0 saturated heterocycles.